The van der Waals surface area contributed by atoms with Crippen molar-refractivity contribution in [1.82, 2.24) is 20.0 Å². The van der Waals surface area contributed by atoms with Crippen molar-refractivity contribution in [2.75, 3.05) is 5.32 Å². The Morgan fingerprint density at radius 1 is 1.38 bits per heavy atom. The Labute approximate surface area is 122 Å². The SMILES string of the molecule is Cc1nn(C)c(C(=O)Nc2c(C(F)(F)F)n[nH]c2C)c1Cl. The lowest BCUT2D eigenvalue weighted by atomic mass is 10.2. The molecule has 2 aromatic rings. The maximum absolute atomic E-state index is 12.8. The summed E-state index contributed by atoms with van der Waals surface area (Å²) in [7, 11) is 1.47. The molecule has 0 saturated carbocycles. The molecule has 6 nitrogen and oxygen atoms in total. The minimum Gasteiger partial charge on any atom is -0.317 e. The summed E-state index contributed by atoms with van der Waals surface area (Å²) >= 11 is 5.93. The van der Waals surface area contributed by atoms with Gasteiger partial charge >= 0.3 is 6.18 Å². The van der Waals surface area contributed by atoms with Crippen molar-refractivity contribution in [3.05, 3.63) is 27.8 Å². The van der Waals surface area contributed by atoms with E-state index in [1.165, 1.54) is 18.7 Å². The van der Waals surface area contributed by atoms with Crippen LogP contribution in [-0.4, -0.2) is 25.9 Å². The molecule has 0 aliphatic rings. The zero-order chi connectivity index (χ0) is 15.9. The molecule has 10 heteroatoms. The number of nitrogens with zero attached hydrogens (tertiary/aromatic N) is 3. The molecule has 0 aliphatic heterocycles. The monoisotopic (exact) mass is 321 g/mol. The first-order valence-corrected chi connectivity index (χ1v) is 6.13. The van der Waals surface area contributed by atoms with Gasteiger partial charge in [0.25, 0.3) is 5.91 Å². The van der Waals surface area contributed by atoms with Crippen LogP contribution in [0.5, 0.6) is 0 Å². The van der Waals surface area contributed by atoms with Crippen molar-refractivity contribution in [2.45, 2.75) is 20.0 Å². The third-order valence-electron chi connectivity index (χ3n) is 2.82. The largest absolute Gasteiger partial charge is 0.437 e. The fourth-order valence-electron chi connectivity index (χ4n) is 1.84. The van der Waals surface area contributed by atoms with E-state index in [1.54, 1.807) is 6.92 Å². The summed E-state index contributed by atoms with van der Waals surface area (Å²) in [5.41, 5.74) is -1.15. The van der Waals surface area contributed by atoms with E-state index in [9.17, 15) is 18.0 Å². The number of alkyl halides is 3. The molecule has 0 spiro atoms. The number of nitrogens with one attached hydrogen (secondary N) is 2. The smallest absolute Gasteiger partial charge is 0.317 e. The standard InChI is InChI=1S/C11H11ClF3N5O/c1-4-6(12)8(20(3)19-4)10(21)16-7-5(2)17-18-9(7)11(13,14)15/h1-3H3,(H,16,21)(H,17,18). The summed E-state index contributed by atoms with van der Waals surface area (Å²) in [6.45, 7) is 2.96. The zero-order valence-electron chi connectivity index (χ0n) is 11.3. The summed E-state index contributed by atoms with van der Waals surface area (Å²) in [5, 5.41) is 11.6. The molecular weight excluding hydrogens is 311 g/mol. The normalized spacial score (nSPS) is 11.8. The van der Waals surface area contributed by atoms with Crippen LogP contribution in [0.25, 0.3) is 0 Å². The van der Waals surface area contributed by atoms with Crippen LogP contribution >= 0.6 is 11.6 Å². The van der Waals surface area contributed by atoms with Crippen molar-refractivity contribution in [3.8, 4) is 0 Å². The van der Waals surface area contributed by atoms with Crippen molar-refractivity contribution in [1.29, 1.82) is 0 Å². The predicted molar refractivity (Wildman–Crippen MR) is 69.2 cm³/mol. The molecule has 0 bridgehead atoms. The molecule has 0 radical (unpaired) electrons. The molecule has 0 aromatic carbocycles. The van der Waals surface area contributed by atoms with Gasteiger partial charge in [-0.3, -0.25) is 14.6 Å². The summed E-state index contributed by atoms with van der Waals surface area (Å²) < 4.78 is 39.6. The highest BCUT2D eigenvalue weighted by Gasteiger charge is 2.38. The molecule has 0 fully saturated rings. The van der Waals surface area contributed by atoms with Gasteiger partial charge in [0, 0.05) is 7.05 Å². The number of anilines is 1. The van der Waals surface area contributed by atoms with Crippen LogP contribution in [0.15, 0.2) is 0 Å². The predicted octanol–water partition coefficient (Wildman–Crippen LogP) is 2.68. The lowest BCUT2D eigenvalue weighted by Crippen LogP contribution is -2.19. The van der Waals surface area contributed by atoms with Crippen molar-refractivity contribution in [2.24, 2.45) is 7.05 Å². The third kappa shape index (κ3) is 2.73. The fraction of sp³-hybridized carbons (Fsp3) is 0.364. The summed E-state index contributed by atoms with van der Waals surface area (Å²) in [6, 6.07) is 0. The first kappa shape index (κ1) is 15.4. The molecule has 2 heterocycles. The number of amides is 1. The average molecular weight is 322 g/mol. The van der Waals surface area contributed by atoms with E-state index in [4.69, 9.17) is 11.6 Å². The van der Waals surface area contributed by atoms with Crippen LogP contribution in [0.2, 0.25) is 5.02 Å². The van der Waals surface area contributed by atoms with Gasteiger partial charge in [-0.25, -0.2) is 0 Å². The quantitative estimate of drug-likeness (QED) is 0.893. The third-order valence-corrected chi connectivity index (χ3v) is 3.27. The number of carbonyl (C=O) groups excluding carboxylic acids is 1. The van der Waals surface area contributed by atoms with E-state index in [0.29, 0.717) is 5.69 Å². The molecule has 114 valence electrons. The molecule has 1 amide bonds. The van der Waals surface area contributed by atoms with Crippen molar-refractivity contribution < 1.29 is 18.0 Å². The van der Waals surface area contributed by atoms with Crippen molar-refractivity contribution in [3.63, 3.8) is 0 Å². The van der Waals surface area contributed by atoms with E-state index in [0.717, 1.165) is 0 Å². The lowest BCUT2D eigenvalue weighted by Gasteiger charge is -2.09. The molecule has 0 unspecified atom stereocenters. The first-order chi connectivity index (χ1) is 9.62. The molecule has 2 N–H and O–H groups in total. The van der Waals surface area contributed by atoms with Gasteiger partial charge in [-0.2, -0.15) is 23.4 Å². The van der Waals surface area contributed by atoms with Crippen LogP contribution in [0.1, 0.15) is 27.6 Å². The van der Waals surface area contributed by atoms with Crippen LogP contribution < -0.4 is 5.32 Å². The van der Waals surface area contributed by atoms with Crippen LogP contribution in [-0.2, 0) is 13.2 Å². The number of rotatable bonds is 2. The summed E-state index contributed by atoms with van der Waals surface area (Å²) in [4.78, 5) is 12.1. The average Bonchev–Trinajstić information content (AvgIpc) is 2.81. The molecular formula is C11H11ClF3N5O. The molecule has 2 aromatic heterocycles. The highest BCUT2D eigenvalue weighted by Crippen LogP contribution is 2.35. The van der Waals surface area contributed by atoms with E-state index in [1.807, 2.05) is 0 Å². The molecule has 21 heavy (non-hydrogen) atoms. The molecule has 0 atom stereocenters. The Kier molecular flexibility index (Phi) is 3.70. The summed E-state index contributed by atoms with van der Waals surface area (Å²) in [5.74, 6) is -0.793. The van der Waals surface area contributed by atoms with Crippen LogP contribution in [0.4, 0.5) is 18.9 Å². The van der Waals surface area contributed by atoms with E-state index in [2.05, 4.69) is 20.6 Å². The van der Waals surface area contributed by atoms with E-state index < -0.39 is 23.5 Å². The Bertz CT molecular complexity index is 704. The molecule has 2 rings (SSSR count). The second-order valence-corrected chi connectivity index (χ2v) is 4.77. The number of carbonyl (C=O) groups is 1. The highest BCUT2D eigenvalue weighted by atomic mass is 35.5. The Hall–Kier alpha value is -2.03. The highest BCUT2D eigenvalue weighted by molar-refractivity contribution is 6.34. The zero-order valence-corrected chi connectivity index (χ0v) is 12.0. The Balaban J connectivity index is 2.39. The minimum atomic E-state index is -4.68. The Morgan fingerprint density at radius 2 is 2.00 bits per heavy atom. The van der Waals surface area contributed by atoms with Gasteiger partial charge in [0.2, 0.25) is 0 Å². The number of halogens is 4. The number of aromatic nitrogens is 4. The summed E-state index contributed by atoms with van der Waals surface area (Å²) in [6.07, 6.45) is -4.68. The number of aryl methyl sites for hydroxylation is 3. The maximum Gasteiger partial charge on any atom is 0.437 e. The van der Waals surface area contributed by atoms with Gasteiger partial charge in [-0.1, -0.05) is 11.6 Å². The van der Waals surface area contributed by atoms with Crippen LogP contribution in [0, 0.1) is 13.8 Å². The van der Waals surface area contributed by atoms with Gasteiger partial charge in [0.15, 0.2) is 5.69 Å². The number of hydrogen-bond acceptors (Lipinski definition) is 3. The molecule has 0 aliphatic carbocycles. The van der Waals surface area contributed by atoms with Gasteiger partial charge in [-0.05, 0) is 13.8 Å². The molecule has 0 saturated heterocycles. The lowest BCUT2D eigenvalue weighted by molar-refractivity contribution is -0.140. The van der Waals surface area contributed by atoms with Crippen molar-refractivity contribution >= 4 is 23.2 Å². The number of aromatic amines is 1. The Morgan fingerprint density at radius 3 is 2.48 bits per heavy atom. The first-order valence-electron chi connectivity index (χ1n) is 5.75. The topological polar surface area (TPSA) is 75.6 Å². The van der Waals surface area contributed by atoms with Gasteiger partial charge in [0.05, 0.1) is 22.1 Å². The van der Waals surface area contributed by atoms with E-state index in [-0.39, 0.29) is 16.4 Å². The number of hydrogen-bond donors (Lipinski definition) is 2. The maximum atomic E-state index is 12.8. The van der Waals surface area contributed by atoms with Gasteiger partial charge in [0.1, 0.15) is 5.69 Å². The van der Waals surface area contributed by atoms with Gasteiger partial charge < -0.3 is 5.32 Å². The number of H-pyrrole nitrogens is 1. The van der Waals surface area contributed by atoms with Crippen LogP contribution in [0.3, 0.4) is 0 Å². The van der Waals surface area contributed by atoms with E-state index >= 15 is 0 Å². The minimum absolute atomic E-state index is 0.0251. The second kappa shape index (κ2) is 5.06. The second-order valence-electron chi connectivity index (χ2n) is 4.40. The fourth-order valence-corrected chi connectivity index (χ4v) is 2.08. The van der Waals surface area contributed by atoms with Gasteiger partial charge in [-0.15, -0.1) is 0 Å².